The molecular formula is C30H39O10P. The van der Waals surface area contributed by atoms with Crippen LogP contribution in [0.2, 0.25) is 0 Å². The van der Waals surface area contributed by atoms with Gasteiger partial charge in [0, 0.05) is 51.6 Å². The summed E-state index contributed by atoms with van der Waals surface area (Å²) in [5.41, 5.74) is 2.50. The van der Waals surface area contributed by atoms with Gasteiger partial charge in [0.2, 0.25) is 0 Å². The molecule has 0 saturated carbocycles. The predicted molar refractivity (Wildman–Crippen MR) is 155 cm³/mol. The van der Waals surface area contributed by atoms with Gasteiger partial charge in [-0.05, 0) is 38.5 Å². The molecule has 0 heterocycles. The van der Waals surface area contributed by atoms with Crippen molar-refractivity contribution in [2.24, 2.45) is 0 Å². The van der Waals surface area contributed by atoms with Crippen LogP contribution in [0.15, 0.2) is 18.2 Å². The second-order valence-corrected chi connectivity index (χ2v) is 10.9. The molecule has 0 fully saturated rings. The van der Waals surface area contributed by atoms with E-state index in [9.17, 15) is 35.2 Å². The summed E-state index contributed by atoms with van der Waals surface area (Å²) < 4.78 is 31.2. The molecule has 0 atom stereocenters. The Morgan fingerprint density at radius 1 is 0.463 bits per heavy atom. The van der Waals surface area contributed by atoms with Crippen molar-refractivity contribution >= 4 is 7.82 Å². The molecule has 0 radical (unpaired) electrons. The van der Waals surface area contributed by atoms with Gasteiger partial charge in [-0.2, -0.15) is 4.57 Å². The smallest absolute Gasteiger partial charge is 0.508 e. The number of hydrogen-bond donors (Lipinski definition) is 6. The number of hydrogen-bond acceptors (Lipinski definition) is 10. The van der Waals surface area contributed by atoms with Crippen LogP contribution in [-0.2, 0) is 43.1 Å². The predicted octanol–water partition coefficient (Wildman–Crippen LogP) is 6.94. The highest BCUT2D eigenvalue weighted by molar-refractivity contribution is 7.49. The second-order valence-electron chi connectivity index (χ2n) is 9.44. The molecule has 0 aromatic heterocycles. The molecule has 0 unspecified atom stereocenters. The highest BCUT2D eigenvalue weighted by atomic mass is 31.2. The Balaban J connectivity index is 2.24. The maximum absolute atomic E-state index is 14.3. The molecule has 6 N–H and O–H groups in total. The van der Waals surface area contributed by atoms with Crippen LogP contribution in [0, 0.1) is 0 Å². The van der Waals surface area contributed by atoms with Crippen molar-refractivity contribution in [2.45, 2.75) is 80.1 Å². The quantitative estimate of drug-likeness (QED) is 0.0961. The van der Waals surface area contributed by atoms with Gasteiger partial charge in [0.25, 0.3) is 0 Å². The number of rotatable bonds is 12. The topological polar surface area (TPSA) is 166 Å². The first-order valence-electron chi connectivity index (χ1n) is 13.8. The summed E-state index contributed by atoms with van der Waals surface area (Å²) in [6.45, 7) is 10.7. The molecule has 0 spiro atoms. The minimum Gasteiger partial charge on any atom is -0.508 e. The fraction of sp³-hybridized carbons (Fsp3) is 0.400. The van der Waals surface area contributed by atoms with E-state index < -0.39 is 42.3 Å². The van der Waals surface area contributed by atoms with Crippen LogP contribution in [0.5, 0.6) is 51.7 Å². The van der Waals surface area contributed by atoms with Crippen LogP contribution in [0.4, 0.5) is 0 Å². The third kappa shape index (κ3) is 6.07. The number of phenols is 6. The fourth-order valence-corrected chi connectivity index (χ4v) is 6.38. The van der Waals surface area contributed by atoms with Crippen molar-refractivity contribution in [3.05, 3.63) is 51.6 Å². The first-order chi connectivity index (χ1) is 19.4. The number of phosphoric ester groups is 1. The molecule has 0 saturated heterocycles. The molecule has 3 aromatic carbocycles. The van der Waals surface area contributed by atoms with Crippen LogP contribution >= 0.6 is 7.82 Å². The van der Waals surface area contributed by atoms with Crippen LogP contribution in [0.3, 0.4) is 0 Å². The fourth-order valence-electron chi connectivity index (χ4n) is 5.13. The highest BCUT2D eigenvalue weighted by Crippen LogP contribution is 2.57. The Bertz CT molecular complexity index is 1310. The van der Waals surface area contributed by atoms with Crippen LogP contribution in [0.1, 0.15) is 74.9 Å². The summed E-state index contributed by atoms with van der Waals surface area (Å²) in [6, 6.07) is 3.20. The normalized spacial score (nSPS) is 11.5. The standard InChI is InChI=1S/C30H39O10P/c1-7-16-19(10-4)28(34)25(13-22(16)31)38-41(37,39-26-14-23(32)17(8-2)20(11-5)29(26)35)40-27-15-24(33)18(9-3)21(12-6)30(27)36/h13-15,31-36H,7-12H2,1-6H3. The number of phosphoric acid groups is 1. The number of benzene rings is 3. The zero-order valence-corrected chi connectivity index (χ0v) is 25.1. The molecule has 0 aliphatic rings. The number of aromatic hydroxyl groups is 6. The van der Waals surface area contributed by atoms with E-state index in [2.05, 4.69) is 0 Å². The maximum Gasteiger partial charge on any atom is 0.647 e. The summed E-state index contributed by atoms with van der Waals surface area (Å²) in [7, 11) is -5.00. The van der Waals surface area contributed by atoms with Gasteiger partial charge >= 0.3 is 7.82 Å². The van der Waals surface area contributed by atoms with Crippen LogP contribution < -0.4 is 13.6 Å². The van der Waals surface area contributed by atoms with Gasteiger partial charge in [-0.3, -0.25) is 0 Å². The van der Waals surface area contributed by atoms with Crippen molar-refractivity contribution in [2.75, 3.05) is 0 Å². The lowest BCUT2D eigenvalue weighted by atomic mass is 10.00. The van der Waals surface area contributed by atoms with Gasteiger partial charge in [0.05, 0.1) is 0 Å². The highest BCUT2D eigenvalue weighted by Gasteiger charge is 2.38. The molecule has 41 heavy (non-hydrogen) atoms. The summed E-state index contributed by atoms with van der Waals surface area (Å²) in [4.78, 5) is 0. The monoisotopic (exact) mass is 590 g/mol. The lowest BCUT2D eigenvalue weighted by Crippen LogP contribution is -2.10. The van der Waals surface area contributed by atoms with Crippen molar-refractivity contribution in [3.8, 4) is 51.7 Å². The zero-order valence-electron chi connectivity index (χ0n) is 24.2. The maximum atomic E-state index is 14.3. The Labute approximate surface area is 240 Å². The molecule has 11 heteroatoms. The molecule has 0 aliphatic carbocycles. The lowest BCUT2D eigenvalue weighted by molar-refractivity contribution is 0.279. The van der Waals surface area contributed by atoms with Gasteiger partial charge in [-0.1, -0.05) is 41.5 Å². The summed E-state index contributed by atoms with van der Waals surface area (Å²) >= 11 is 0. The Hall–Kier alpha value is -3.91. The average molecular weight is 591 g/mol. The summed E-state index contributed by atoms with van der Waals surface area (Å²) in [6.07, 6.45) is 2.15. The molecule has 0 aliphatic heterocycles. The van der Waals surface area contributed by atoms with Crippen molar-refractivity contribution in [1.29, 1.82) is 0 Å². The average Bonchev–Trinajstić information content (AvgIpc) is 2.93. The Morgan fingerprint density at radius 3 is 0.878 bits per heavy atom. The second kappa shape index (κ2) is 12.7. The molecule has 3 rings (SSSR count). The SMILES string of the molecule is CCc1c(O)cc(OP(=O)(Oc2cc(O)c(CC)c(CC)c2O)Oc2cc(O)c(CC)c(CC)c2O)c(O)c1CC. The minimum absolute atomic E-state index is 0.217. The van der Waals surface area contributed by atoms with E-state index in [1.165, 1.54) is 0 Å². The van der Waals surface area contributed by atoms with Gasteiger partial charge in [0.1, 0.15) is 17.2 Å². The lowest BCUT2D eigenvalue weighted by Gasteiger charge is -2.24. The third-order valence-corrected chi connectivity index (χ3v) is 8.39. The molecular weight excluding hydrogens is 551 g/mol. The van der Waals surface area contributed by atoms with E-state index in [-0.39, 0.29) is 17.2 Å². The molecule has 3 aromatic rings. The van der Waals surface area contributed by atoms with Gasteiger partial charge in [-0.15, -0.1) is 0 Å². The molecule has 0 bridgehead atoms. The first-order valence-corrected chi connectivity index (χ1v) is 15.2. The minimum atomic E-state index is -5.00. The van der Waals surface area contributed by atoms with E-state index in [4.69, 9.17) is 13.6 Å². The van der Waals surface area contributed by atoms with E-state index in [1.807, 2.05) is 0 Å². The Kier molecular flexibility index (Phi) is 9.81. The Morgan fingerprint density at radius 2 is 0.683 bits per heavy atom. The van der Waals surface area contributed by atoms with Crippen LogP contribution in [-0.4, -0.2) is 30.6 Å². The van der Waals surface area contributed by atoms with Crippen molar-refractivity contribution in [3.63, 3.8) is 0 Å². The zero-order chi connectivity index (χ0) is 30.6. The van der Waals surface area contributed by atoms with E-state index in [1.54, 1.807) is 41.5 Å². The summed E-state index contributed by atoms with van der Waals surface area (Å²) in [5, 5.41) is 64.7. The van der Waals surface area contributed by atoms with Gasteiger partial charge < -0.3 is 44.2 Å². The van der Waals surface area contributed by atoms with E-state index >= 15 is 0 Å². The molecule has 224 valence electrons. The largest absolute Gasteiger partial charge is 0.647 e. The molecule has 0 amide bonds. The van der Waals surface area contributed by atoms with Crippen molar-refractivity contribution < 1.29 is 48.8 Å². The van der Waals surface area contributed by atoms with Crippen LogP contribution in [0.25, 0.3) is 0 Å². The first kappa shape index (κ1) is 31.6. The summed E-state index contributed by atoms with van der Waals surface area (Å²) in [5.74, 6) is -3.17. The van der Waals surface area contributed by atoms with E-state index in [0.717, 1.165) is 18.2 Å². The van der Waals surface area contributed by atoms with Gasteiger partial charge in [-0.25, -0.2) is 0 Å². The van der Waals surface area contributed by atoms with E-state index in [0.29, 0.717) is 71.9 Å². The van der Waals surface area contributed by atoms with Crippen molar-refractivity contribution in [1.82, 2.24) is 0 Å². The molecule has 10 nitrogen and oxygen atoms in total. The van der Waals surface area contributed by atoms with Gasteiger partial charge in [0.15, 0.2) is 34.5 Å². The third-order valence-electron chi connectivity index (χ3n) is 7.13. The number of phenolic OH excluding ortho intramolecular Hbond substituents is 6.